The first-order valence-corrected chi connectivity index (χ1v) is 9.35. The molecule has 0 spiro atoms. The SMILES string of the molecule is CC1(C)C=Cc2cc3c(=O)c4c(O)cc5c(c4oc3c(O)c2O1)OC(C)(C)C=C5. The van der Waals surface area contributed by atoms with Crippen molar-refractivity contribution in [3.05, 3.63) is 45.6 Å². The lowest BCUT2D eigenvalue weighted by molar-refractivity contribution is 0.152. The van der Waals surface area contributed by atoms with Crippen molar-refractivity contribution in [2.75, 3.05) is 0 Å². The van der Waals surface area contributed by atoms with Crippen LogP contribution in [0.3, 0.4) is 0 Å². The smallest absolute Gasteiger partial charge is 0.204 e. The Kier molecular flexibility index (Phi) is 3.26. The van der Waals surface area contributed by atoms with Gasteiger partial charge in [0.2, 0.25) is 11.2 Å². The van der Waals surface area contributed by atoms with Gasteiger partial charge in [0.05, 0.1) is 5.39 Å². The number of rotatable bonds is 0. The van der Waals surface area contributed by atoms with E-state index in [0.29, 0.717) is 16.9 Å². The van der Waals surface area contributed by atoms with Crippen molar-refractivity contribution in [2.24, 2.45) is 0 Å². The minimum absolute atomic E-state index is 0.00360. The second kappa shape index (κ2) is 5.35. The lowest BCUT2D eigenvalue weighted by atomic mass is 9.98. The van der Waals surface area contributed by atoms with E-state index in [1.165, 1.54) is 6.07 Å². The van der Waals surface area contributed by atoms with Crippen LogP contribution in [0.15, 0.2) is 33.5 Å². The van der Waals surface area contributed by atoms with Gasteiger partial charge in [-0.2, -0.15) is 0 Å². The van der Waals surface area contributed by atoms with Gasteiger partial charge in [0.1, 0.15) is 22.3 Å². The summed E-state index contributed by atoms with van der Waals surface area (Å²) >= 11 is 0. The Morgan fingerprint density at radius 1 is 0.828 bits per heavy atom. The minimum atomic E-state index is -0.611. The Morgan fingerprint density at radius 3 is 2.07 bits per heavy atom. The summed E-state index contributed by atoms with van der Waals surface area (Å²) in [6, 6.07) is 3.08. The van der Waals surface area contributed by atoms with Crippen LogP contribution in [0.5, 0.6) is 23.0 Å². The standard InChI is InChI=1S/C23H20O6/c1-22(2)7-5-11-9-13-16(25)15-14(24)10-12-6-8-23(3,4)29-19(12)21(15)27-20(13)17(26)18(11)28-22/h5-10,24,26H,1-4H3. The van der Waals surface area contributed by atoms with Crippen molar-refractivity contribution in [3.63, 3.8) is 0 Å². The molecule has 0 saturated carbocycles. The second-order valence-electron chi connectivity index (χ2n) is 8.55. The van der Waals surface area contributed by atoms with Crippen molar-refractivity contribution in [2.45, 2.75) is 38.9 Å². The first kappa shape index (κ1) is 17.7. The zero-order valence-corrected chi connectivity index (χ0v) is 16.5. The summed E-state index contributed by atoms with van der Waals surface area (Å²) in [6.45, 7) is 7.48. The van der Waals surface area contributed by atoms with Gasteiger partial charge in [-0.3, -0.25) is 4.79 Å². The van der Waals surface area contributed by atoms with Gasteiger partial charge in [0, 0.05) is 11.1 Å². The fraction of sp³-hybridized carbons (Fsp3) is 0.261. The topological polar surface area (TPSA) is 89.1 Å². The highest BCUT2D eigenvalue weighted by atomic mass is 16.5. The van der Waals surface area contributed by atoms with Gasteiger partial charge in [0.15, 0.2) is 22.7 Å². The van der Waals surface area contributed by atoms with Crippen molar-refractivity contribution in [1.82, 2.24) is 0 Å². The summed E-state index contributed by atoms with van der Waals surface area (Å²) < 4.78 is 17.9. The summed E-state index contributed by atoms with van der Waals surface area (Å²) in [4.78, 5) is 13.3. The average Bonchev–Trinajstić information content (AvgIpc) is 2.63. The normalized spacial score (nSPS) is 18.2. The molecule has 3 heterocycles. The molecule has 0 radical (unpaired) electrons. The molecule has 6 nitrogen and oxygen atoms in total. The number of hydrogen-bond donors (Lipinski definition) is 2. The number of phenols is 2. The number of aromatic hydroxyl groups is 2. The van der Waals surface area contributed by atoms with E-state index in [0.717, 1.165) is 0 Å². The molecule has 0 fully saturated rings. The highest BCUT2D eigenvalue weighted by molar-refractivity contribution is 6.01. The third-order valence-electron chi connectivity index (χ3n) is 5.22. The van der Waals surface area contributed by atoms with Crippen molar-refractivity contribution in [3.8, 4) is 23.0 Å². The van der Waals surface area contributed by atoms with E-state index in [-0.39, 0.29) is 39.2 Å². The van der Waals surface area contributed by atoms with Gasteiger partial charge >= 0.3 is 0 Å². The van der Waals surface area contributed by atoms with Crippen LogP contribution in [0.4, 0.5) is 0 Å². The average molecular weight is 392 g/mol. The molecule has 29 heavy (non-hydrogen) atoms. The zero-order chi connectivity index (χ0) is 20.7. The van der Waals surface area contributed by atoms with Gasteiger partial charge in [-0.15, -0.1) is 0 Å². The molecule has 2 N–H and O–H groups in total. The fourth-order valence-corrected chi connectivity index (χ4v) is 3.76. The molecule has 2 aliphatic rings. The Bertz CT molecular complexity index is 1340. The van der Waals surface area contributed by atoms with Gasteiger partial charge < -0.3 is 24.1 Å². The molecule has 0 bridgehead atoms. The summed E-state index contributed by atoms with van der Waals surface area (Å²) in [5, 5.41) is 21.6. The molecule has 0 amide bonds. The van der Waals surface area contributed by atoms with Crippen LogP contribution in [-0.2, 0) is 0 Å². The fourth-order valence-electron chi connectivity index (χ4n) is 3.76. The van der Waals surface area contributed by atoms with Gasteiger partial charge in [-0.25, -0.2) is 0 Å². The van der Waals surface area contributed by atoms with Crippen molar-refractivity contribution in [1.29, 1.82) is 0 Å². The van der Waals surface area contributed by atoms with Gasteiger partial charge in [0.25, 0.3) is 0 Å². The maximum Gasteiger partial charge on any atom is 0.204 e. The summed E-state index contributed by atoms with van der Waals surface area (Å²) in [5.74, 6) is 0.148. The Balaban J connectivity index is 1.92. The van der Waals surface area contributed by atoms with Crippen LogP contribution in [0, 0.1) is 0 Å². The molecule has 6 heteroatoms. The molecule has 5 rings (SSSR count). The van der Waals surface area contributed by atoms with E-state index in [9.17, 15) is 15.0 Å². The number of hydrogen-bond acceptors (Lipinski definition) is 6. The maximum atomic E-state index is 13.3. The van der Waals surface area contributed by atoms with E-state index >= 15 is 0 Å². The van der Waals surface area contributed by atoms with Gasteiger partial charge in [-0.1, -0.05) is 12.2 Å². The highest BCUT2D eigenvalue weighted by Crippen LogP contribution is 2.46. The molecule has 2 aromatic carbocycles. The molecule has 1 aromatic heterocycles. The first-order valence-electron chi connectivity index (χ1n) is 9.35. The van der Waals surface area contributed by atoms with Crippen molar-refractivity contribution < 1.29 is 24.1 Å². The minimum Gasteiger partial charge on any atom is -0.507 e. The zero-order valence-electron chi connectivity index (χ0n) is 16.5. The summed E-state index contributed by atoms with van der Waals surface area (Å²) in [5.41, 5.74) is -0.417. The van der Waals surface area contributed by atoms with Gasteiger partial charge in [-0.05, 0) is 52.0 Å². The second-order valence-corrected chi connectivity index (χ2v) is 8.55. The quantitative estimate of drug-likeness (QED) is 0.538. The van der Waals surface area contributed by atoms with Crippen molar-refractivity contribution >= 4 is 34.1 Å². The highest BCUT2D eigenvalue weighted by Gasteiger charge is 2.30. The number of ether oxygens (including phenoxy) is 2. The molecular formula is C23H20O6. The van der Waals surface area contributed by atoms with Crippen LogP contribution < -0.4 is 14.9 Å². The predicted molar refractivity (Wildman–Crippen MR) is 111 cm³/mol. The molecule has 0 unspecified atom stereocenters. The number of phenolic OH excluding ortho intramolecular Hbond substituents is 2. The third-order valence-corrected chi connectivity index (χ3v) is 5.22. The van der Waals surface area contributed by atoms with Crippen LogP contribution in [0.1, 0.15) is 38.8 Å². The molecule has 3 aromatic rings. The Hall–Kier alpha value is -3.41. The summed E-state index contributed by atoms with van der Waals surface area (Å²) in [6.07, 6.45) is 7.31. The molecule has 0 atom stereocenters. The number of benzene rings is 2. The first-order chi connectivity index (χ1) is 13.6. The van der Waals surface area contributed by atoms with E-state index < -0.39 is 16.6 Å². The molecule has 148 valence electrons. The Labute approximate surface area is 166 Å². The lowest BCUT2D eigenvalue weighted by Gasteiger charge is -2.29. The lowest BCUT2D eigenvalue weighted by Crippen LogP contribution is -2.28. The van der Waals surface area contributed by atoms with E-state index in [1.54, 1.807) is 12.1 Å². The molecular weight excluding hydrogens is 372 g/mol. The summed E-state index contributed by atoms with van der Waals surface area (Å²) in [7, 11) is 0. The van der Waals surface area contributed by atoms with E-state index in [1.807, 2.05) is 45.9 Å². The Morgan fingerprint density at radius 2 is 1.41 bits per heavy atom. The monoisotopic (exact) mass is 392 g/mol. The maximum absolute atomic E-state index is 13.3. The van der Waals surface area contributed by atoms with Crippen LogP contribution in [0.2, 0.25) is 0 Å². The molecule has 0 saturated heterocycles. The van der Waals surface area contributed by atoms with E-state index in [2.05, 4.69) is 0 Å². The largest absolute Gasteiger partial charge is 0.507 e. The van der Waals surface area contributed by atoms with Crippen LogP contribution in [-0.4, -0.2) is 21.4 Å². The van der Waals surface area contributed by atoms with E-state index in [4.69, 9.17) is 13.9 Å². The molecule has 2 aliphatic heterocycles. The predicted octanol–water partition coefficient (Wildman–Crippen LogP) is 4.73. The van der Waals surface area contributed by atoms with Crippen LogP contribution >= 0.6 is 0 Å². The molecule has 0 aliphatic carbocycles. The van der Waals surface area contributed by atoms with Crippen LogP contribution in [0.25, 0.3) is 34.1 Å². The number of fused-ring (bicyclic) bond motifs is 5. The third kappa shape index (κ3) is 2.52.